The second-order valence-electron chi connectivity index (χ2n) is 8.03. The number of methoxy groups -OCH3 is 1. The van der Waals surface area contributed by atoms with E-state index >= 15 is 0 Å². The maximum Gasteiger partial charge on any atom is 0.216 e. The smallest absolute Gasteiger partial charge is 0.216 e. The monoisotopic (exact) mass is 420 g/mol. The van der Waals surface area contributed by atoms with Gasteiger partial charge in [-0.2, -0.15) is 4.39 Å². The Balaban J connectivity index is 1.42. The molecule has 5 heterocycles. The van der Waals surface area contributed by atoms with Gasteiger partial charge in [-0.25, -0.2) is 15.0 Å². The first-order valence-corrected chi connectivity index (χ1v) is 10.6. The van der Waals surface area contributed by atoms with E-state index in [0.717, 1.165) is 48.6 Å². The fourth-order valence-corrected chi connectivity index (χ4v) is 4.45. The standard InChI is InChI=1S/C23H25FN6O/c1-15-18-13-26-23(20-5-3-4-8-25-20)27-19(18)7-10-30(15)22-12-16(11-21(24)28-22)29-9-6-17(14-29)31-2/h3-5,8,11-13,15,17H,6-7,9-10,14H2,1-2H3. The van der Waals surface area contributed by atoms with Crippen molar-refractivity contribution in [2.45, 2.75) is 31.9 Å². The molecular formula is C23H25FN6O. The number of hydrogen-bond acceptors (Lipinski definition) is 7. The molecule has 0 N–H and O–H groups in total. The lowest BCUT2D eigenvalue weighted by molar-refractivity contribution is 0.121. The van der Waals surface area contributed by atoms with E-state index in [2.05, 4.69) is 31.7 Å². The summed E-state index contributed by atoms with van der Waals surface area (Å²) >= 11 is 0. The highest BCUT2D eigenvalue weighted by atomic mass is 19.1. The minimum Gasteiger partial charge on any atom is -0.380 e. The SMILES string of the molecule is COC1CCN(c2cc(F)nc(N3CCc4nc(-c5ccccn5)ncc4C3C)c2)C1. The number of halogens is 1. The van der Waals surface area contributed by atoms with Crippen molar-refractivity contribution in [1.29, 1.82) is 0 Å². The van der Waals surface area contributed by atoms with Crippen molar-refractivity contribution in [3.63, 3.8) is 0 Å². The molecule has 2 aliphatic rings. The van der Waals surface area contributed by atoms with Crippen molar-refractivity contribution in [2.75, 3.05) is 36.5 Å². The average Bonchev–Trinajstić information content (AvgIpc) is 3.29. The van der Waals surface area contributed by atoms with E-state index in [-0.39, 0.29) is 12.1 Å². The number of pyridine rings is 2. The van der Waals surface area contributed by atoms with Crippen LogP contribution in [0.2, 0.25) is 0 Å². The fraction of sp³-hybridized carbons (Fsp3) is 0.391. The molecule has 0 aromatic carbocycles. The quantitative estimate of drug-likeness (QED) is 0.599. The van der Waals surface area contributed by atoms with Gasteiger partial charge in [0.25, 0.3) is 0 Å². The highest BCUT2D eigenvalue weighted by Crippen LogP contribution is 2.34. The summed E-state index contributed by atoms with van der Waals surface area (Å²) in [6, 6.07) is 9.19. The van der Waals surface area contributed by atoms with Gasteiger partial charge in [-0.1, -0.05) is 6.07 Å². The Hall–Kier alpha value is -3.13. The van der Waals surface area contributed by atoms with Gasteiger partial charge in [0.2, 0.25) is 5.95 Å². The summed E-state index contributed by atoms with van der Waals surface area (Å²) in [6.45, 7) is 4.42. The number of rotatable bonds is 4. The summed E-state index contributed by atoms with van der Waals surface area (Å²) in [5.74, 6) is 0.809. The van der Waals surface area contributed by atoms with Crippen molar-refractivity contribution >= 4 is 11.5 Å². The molecule has 0 bridgehead atoms. The highest BCUT2D eigenvalue weighted by Gasteiger charge is 2.29. The summed E-state index contributed by atoms with van der Waals surface area (Å²) in [7, 11) is 1.72. The molecule has 8 heteroatoms. The molecular weight excluding hydrogens is 395 g/mol. The number of nitrogens with zero attached hydrogens (tertiary/aromatic N) is 6. The van der Waals surface area contributed by atoms with Gasteiger partial charge in [-0.3, -0.25) is 4.98 Å². The molecule has 2 atom stereocenters. The molecule has 0 aliphatic carbocycles. The lowest BCUT2D eigenvalue weighted by Gasteiger charge is -2.36. The van der Waals surface area contributed by atoms with E-state index in [9.17, 15) is 4.39 Å². The van der Waals surface area contributed by atoms with Crippen LogP contribution >= 0.6 is 0 Å². The average molecular weight is 420 g/mol. The van der Waals surface area contributed by atoms with Crippen molar-refractivity contribution < 1.29 is 9.13 Å². The van der Waals surface area contributed by atoms with Crippen molar-refractivity contribution in [3.8, 4) is 11.5 Å². The second-order valence-corrected chi connectivity index (χ2v) is 8.03. The Labute approximate surface area is 180 Å². The lowest BCUT2D eigenvalue weighted by atomic mass is 9.99. The number of hydrogen-bond donors (Lipinski definition) is 0. The first-order valence-electron chi connectivity index (χ1n) is 10.6. The molecule has 7 nitrogen and oxygen atoms in total. The summed E-state index contributed by atoms with van der Waals surface area (Å²) in [6.07, 6.45) is 5.48. The van der Waals surface area contributed by atoms with E-state index in [1.807, 2.05) is 30.5 Å². The molecule has 31 heavy (non-hydrogen) atoms. The van der Waals surface area contributed by atoms with Crippen LogP contribution < -0.4 is 9.80 Å². The van der Waals surface area contributed by atoms with E-state index in [4.69, 9.17) is 9.72 Å². The molecule has 0 radical (unpaired) electrons. The molecule has 5 rings (SSSR count). The van der Waals surface area contributed by atoms with Crippen molar-refractivity contribution in [1.82, 2.24) is 19.9 Å². The van der Waals surface area contributed by atoms with E-state index < -0.39 is 5.95 Å². The van der Waals surface area contributed by atoms with E-state index in [1.54, 1.807) is 13.3 Å². The van der Waals surface area contributed by atoms with Crippen molar-refractivity contribution in [2.24, 2.45) is 0 Å². The molecule has 1 saturated heterocycles. The number of ether oxygens (including phenoxy) is 1. The summed E-state index contributed by atoms with van der Waals surface area (Å²) < 4.78 is 19.9. The minimum absolute atomic E-state index is 0.00557. The van der Waals surface area contributed by atoms with Crippen LogP contribution in [0.25, 0.3) is 11.5 Å². The second kappa shape index (κ2) is 8.19. The first-order chi connectivity index (χ1) is 15.1. The van der Waals surface area contributed by atoms with Gasteiger partial charge < -0.3 is 14.5 Å². The van der Waals surface area contributed by atoms with E-state index in [1.165, 1.54) is 6.07 Å². The lowest BCUT2D eigenvalue weighted by Crippen LogP contribution is -2.35. The van der Waals surface area contributed by atoms with Crippen LogP contribution in [0, 0.1) is 5.95 Å². The van der Waals surface area contributed by atoms with Gasteiger partial charge in [0, 0.05) is 68.9 Å². The topological polar surface area (TPSA) is 67.3 Å². The van der Waals surface area contributed by atoms with Crippen LogP contribution in [0.4, 0.5) is 15.9 Å². The molecule has 3 aromatic rings. The predicted molar refractivity (Wildman–Crippen MR) is 117 cm³/mol. The number of fused-ring (bicyclic) bond motifs is 1. The fourth-order valence-electron chi connectivity index (χ4n) is 4.45. The first kappa shape index (κ1) is 19.8. The predicted octanol–water partition coefficient (Wildman–Crippen LogP) is 3.42. The Kier molecular flexibility index (Phi) is 5.23. The summed E-state index contributed by atoms with van der Waals surface area (Å²) in [4.78, 5) is 22.1. The molecule has 2 unspecified atom stereocenters. The maximum atomic E-state index is 14.5. The Bertz CT molecular complexity index is 1080. The van der Waals surface area contributed by atoms with Gasteiger partial charge >= 0.3 is 0 Å². The van der Waals surface area contributed by atoms with Crippen LogP contribution in [-0.2, 0) is 11.2 Å². The Morgan fingerprint density at radius 3 is 2.81 bits per heavy atom. The van der Waals surface area contributed by atoms with Gasteiger partial charge in [0.05, 0.1) is 17.8 Å². The minimum atomic E-state index is -0.465. The van der Waals surface area contributed by atoms with Gasteiger partial charge in [-0.05, 0) is 25.5 Å². The molecule has 0 spiro atoms. The largest absolute Gasteiger partial charge is 0.380 e. The highest BCUT2D eigenvalue weighted by molar-refractivity contribution is 5.58. The Morgan fingerprint density at radius 1 is 1.13 bits per heavy atom. The molecule has 160 valence electrons. The Morgan fingerprint density at radius 2 is 2.03 bits per heavy atom. The number of aromatic nitrogens is 4. The third kappa shape index (κ3) is 3.83. The van der Waals surface area contributed by atoms with Crippen LogP contribution in [0.5, 0.6) is 0 Å². The molecule has 3 aromatic heterocycles. The van der Waals surface area contributed by atoms with Crippen LogP contribution in [-0.4, -0.2) is 52.8 Å². The zero-order valence-electron chi connectivity index (χ0n) is 17.7. The zero-order valence-corrected chi connectivity index (χ0v) is 17.7. The van der Waals surface area contributed by atoms with Gasteiger partial charge in [0.15, 0.2) is 5.82 Å². The van der Waals surface area contributed by atoms with Crippen LogP contribution in [0.15, 0.2) is 42.7 Å². The van der Waals surface area contributed by atoms with E-state index in [0.29, 0.717) is 18.2 Å². The van der Waals surface area contributed by atoms with Crippen LogP contribution in [0.3, 0.4) is 0 Å². The van der Waals surface area contributed by atoms with Crippen LogP contribution in [0.1, 0.15) is 30.6 Å². The van der Waals surface area contributed by atoms with Crippen molar-refractivity contribution in [3.05, 3.63) is 59.9 Å². The van der Waals surface area contributed by atoms with Gasteiger partial charge in [0.1, 0.15) is 11.5 Å². The molecule has 2 aliphatic heterocycles. The third-order valence-corrected chi connectivity index (χ3v) is 6.20. The van der Waals surface area contributed by atoms with Gasteiger partial charge in [-0.15, -0.1) is 0 Å². The normalized spacial score (nSPS) is 20.7. The maximum absolute atomic E-state index is 14.5. The molecule has 0 amide bonds. The molecule has 0 saturated carbocycles. The summed E-state index contributed by atoms with van der Waals surface area (Å²) in [5.41, 5.74) is 3.66. The third-order valence-electron chi connectivity index (χ3n) is 6.20. The zero-order chi connectivity index (χ0) is 21.4. The number of anilines is 2. The molecule has 1 fully saturated rings. The summed E-state index contributed by atoms with van der Waals surface area (Å²) in [5, 5.41) is 0.